The lowest BCUT2D eigenvalue weighted by Gasteiger charge is -2.15. The zero-order valence-electron chi connectivity index (χ0n) is 10.4. The summed E-state index contributed by atoms with van der Waals surface area (Å²) < 4.78 is 5.18. The van der Waals surface area contributed by atoms with E-state index in [0.717, 1.165) is 23.7 Å². The molecule has 1 rings (SSSR count). The standard InChI is InChI=1S/C13H22N2O/c1-4-10(5-2)9-15-12-6-11(14)7-13(8-12)16-3/h6-8,10,15H,4-5,9,14H2,1-3H3. The Balaban J connectivity index is 2.62. The average molecular weight is 222 g/mol. The minimum Gasteiger partial charge on any atom is -0.497 e. The third kappa shape index (κ3) is 3.65. The number of benzene rings is 1. The first-order valence-corrected chi connectivity index (χ1v) is 5.88. The molecule has 0 saturated heterocycles. The topological polar surface area (TPSA) is 47.3 Å². The fourth-order valence-electron chi connectivity index (χ4n) is 1.68. The number of rotatable bonds is 6. The molecular formula is C13H22N2O. The molecule has 0 spiro atoms. The van der Waals surface area contributed by atoms with Crippen LogP contribution in [0.5, 0.6) is 5.75 Å². The predicted molar refractivity (Wildman–Crippen MR) is 70.0 cm³/mol. The van der Waals surface area contributed by atoms with E-state index < -0.39 is 0 Å². The minimum atomic E-state index is 0.715. The highest BCUT2D eigenvalue weighted by atomic mass is 16.5. The van der Waals surface area contributed by atoms with E-state index >= 15 is 0 Å². The lowest BCUT2D eigenvalue weighted by atomic mass is 10.0. The lowest BCUT2D eigenvalue weighted by Crippen LogP contribution is -2.12. The van der Waals surface area contributed by atoms with E-state index in [1.807, 2.05) is 18.2 Å². The molecule has 3 N–H and O–H groups in total. The van der Waals surface area contributed by atoms with E-state index in [4.69, 9.17) is 10.5 Å². The van der Waals surface area contributed by atoms with Crippen molar-refractivity contribution in [1.29, 1.82) is 0 Å². The molecule has 0 aliphatic heterocycles. The number of ether oxygens (including phenoxy) is 1. The Morgan fingerprint density at radius 3 is 2.50 bits per heavy atom. The van der Waals surface area contributed by atoms with Crippen molar-refractivity contribution in [3.63, 3.8) is 0 Å². The fourth-order valence-corrected chi connectivity index (χ4v) is 1.68. The van der Waals surface area contributed by atoms with Crippen molar-refractivity contribution in [2.75, 3.05) is 24.7 Å². The van der Waals surface area contributed by atoms with Gasteiger partial charge < -0.3 is 15.8 Å². The van der Waals surface area contributed by atoms with Crippen molar-refractivity contribution in [3.05, 3.63) is 18.2 Å². The van der Waals surface area contributed by atoms with Gasteiger partial charge in [0.15, 0.2) is 0 Å². The summed E-state index contributed by atoms with van der Waals surface area (Å²) in [6, 6.07) is 5.73. The maximum Gasteiger partial charge on any atom is 0.122 e. The van der Waals surface area contributed by atoms with Gasteiger partial charge in [-0.25, -0.2) is 0 Å². The fraction of sp³-hybridized carbons (Fsp3) is 0.538. The van der Waals surface area contributed by atoms with Crippen molar-refractivity contribution < 1.29 is 4.74 Å². The van der Waals surface area contributed by atoms with Crippen LogP contribution in [0.15, 0.2) is 18.2 Å². The van der Waals surface area contributed by atoms with Gasteiger partial charge in [0.05, 0.1) is 7.11 Å². The van der Waals surface area contributed by atoms with E-state index in [1.165, 1.54) is 12.8 Å². The van der Waals surface area contributed by atoms with Crippen molar-refractivity contribution in [3.8, 4) is 5.75 Å². The zero-order chi connectivity index (χ0) is 12.0. The molecule has 0 aliphatic carbocycles. The molecule has 0 bridgehead atoms. The molecule has 3 nitrogen and oxygen atoms in total. The van der Waals surface area contributed by atoms with Crippen molar-refractivity contribution >= 4 is 11.4 Å². The molecule has 0 aliphatic rings. The molecule has 3 heteroatoms. The molecule has 0 saturated carbocycles. The van der Waals surface area contributed by atoms with E-state index in [1.54, 1.807) is 7.11 Å². The summed E-state index contributed by atoms with van der Waals surface area (Å²) in [5.41, 5.74) is 7.55. The van der Waals surface area contributed by atoms with Gasteiger partial charge in [-0.1, -0.05) is 26.7 Å². The van der Waals surface area contributed by atoms with E-state index in [-0.39, 0.29) is 0 Å². The van der Waals surface area contributed by atoms with Crippen molar-refractivity contribution in [1.82, 2.24) is 0 Å². The van der Waals surface area contributed by atoms with Gasteiger partial charge in [-0.05, 0) is 12.0 Å². The number of hydrogen-bond donors (Lipinski definition) is 2. The molecule has 0 aromatic heterocycles. The molecule has 1 aromatic rings. The highest BCUT2D eigenvalue weighted by Crippen LogP contribution is 2.22. The van der Waals surface area contributed by atoms with Crippen LogP contribution in [0.25, 0.3) is 0 Å². The van der Waals surface area contributed by atoms with Crippen molar-refractivity contribution in [2.45, 2.75) is 26.7 Å². The van der Waals surface area contributed by atoms with Crippen LogP contribution in [0.1, 0.15) is 26.7 Å². The number of nitrogen functional groups attached to an aromatic ring is 1. The quantitative estimate of drug-likeness (QED) is 0.727. The van der Waals surface area contributed by atoms with Crippen LogP contribution in [-0.2, 0) is 0 Å². The summed E-state index contributed by atoms with van der Waals surface area (Å²) in [5, 5.41) is 3.40. The van der Waals surface area contributed by atoms with Gasteiger partial charge in [0, 0.05) is 30.1 Å². The van der Waals surface area contributed by atoms with E-state index in [0.29, 0.717) is 5.92 Å². The molecule has 1 aromatic carbocycles. The Morgan fingerprint density at radius 1 is 1.25 bits per heavy atom. The number of hydrogen-bond acceptors (Lipinski definition) is 3. The predicted octanol–water partition coefficient (Wildman–Crippen LogP) is 3.13. The Labute approximate surface area is 98.0 Å². The van der Waals surface area contributed by atoms with Gasteiger partial charge in [-0.3, -0.25) is 0 Å². The van der Waals surface area contributed by atoms with Gasteiger partial charge in [-0.2, -0.15) is 0 Å². The molecule has 90 valence electrons. The monoisotopic (exact) mass is 222 g/mol. The molecular weight excluding hydrogens is 200 g/mol. The normalized spacial score (nSPS) is 10.5. The van der Waals surface area contributed by atoms with Crippen LogP contribution in [0, 0.1) is 5.92 Å². The largest absolute Gasteiger partial charge is 0.497 e. The zero-order valence-corrected chi connectivity index (χ0v) is 10.4. The summed E-state index contributed by atoms with van der Waals surface area (Å²) >= 11 is 0. The molecule has 0 radical (unpaired) electrons. The van der Waals surface area contributed by atoms with E-state index in [2.05, 4.69) is 19.2 Å². The molecule has 0 heterocycles. The molecule has 16 heavy (non-hydrogen) atoms. The SMILES string of the molecule is CCC(CC)CNc1cc(N)cc(OC)c1. The first kappa shape index (κ1) is 12.7. The van der Waals surface area contributed by atoms with Crippen LogP contribution in [-0.4, -0.2) is 13.7 Å². The van der Waals surface area contributed by atoms with Crippen LogP contribution in [0.4, 0.5) is 11.4 Å². The summed E-state index contributed by atoms with van der Waals surface area (Å²) in [7, 11) is 1.65. The third-order valence-electron chi connectivity index (χ3n) is 2.91. The second-order valence-corrected chi connectivity index (χ2v) is 4.06. The second kappa shape index (κ2) is 6.26. The molecule has 0 amide bonds. The van der Waals surface area contributed by atoms with Gasteiger partial charge in [-0.15, -0.1) is 0 Å². The van der Waals surface area contributed by atoms with Crippen LogP contribution < -0.4 is 15.8 Å². The molecule has 0 atom stereocenters. The highest BCUT2D eigenvalue weighted by molar-refractivity contribution is 5.59. The lowest BCUT2D eigenvalue weighted by molar-refractivity contribution is 0.415. The van der Waals surface area contributed by atoms with Crippen molar-refractivity contribution in [2.24, 2.45) is 5.92 Å². The summed E-state index contributed by atoms with van der Waals surface area (Å²) in [5.74, 6) is 1.51. The number of nitrogens with one attached hydrogen (secondary N) is 1. The Morgan fingerprint density at radius 2 is 1.94 bits per heavy atom. The van der Waals surface area contributed by atoms with E-state index in [9.17, 15) is 0 Å². The third-order valence-corrected chi connectivity index (χ3v) is 2.91. The Hall–Kier alpha value is -1.38. The molecule has 0 unspecified atom stereocenters. The van der Waals surface area contributed by atoms with Gasteiger partial charge in [0.2, 0.25) is 0 Å². The number of anilines is 2. The maximum atomic E-state index is 5.79. The average Bonchev–Trinajstić information content (AvgIpc) is 2.29. The number of nitrogens with two attached hydrogens (primary N) is 1. The first-order chi connectivity index (χ1) is 7.69. The maximum absolute atomic E-state index is 5.79. The van der Waals surface area contributed by atoms with Crippen LogP contribution in [0.3, 0.4) is 0 Å². The first-order valence-electron chi connectivity index (χ1n) is 5.88. The van der Waals surface area contributed by atoms with Crippen LogP contribution >= 0.6 is 0 Å². The highest BCUT2D eigenvalue weighted by Gasteiger charge is 2.04. The number of methoxy groups -OCH3 is 1. The summed E-state index contributed by atoms with van der Waals surface area (Å²) in [6.07, 6.45) is 2.39. The smallest absolute Gasteiger partial charge is 0.122 e. The van der Waals surface area contributed by atoms with Gasteiger partial charge >= 0.3 is 0 Å². The Kier molecular flexibility index (Phi) is 4.96. The summed E-state index contributed by atoms with van der Waals surface area (Å²) in [4.78, 5) is 0. The Bertz CT molecular complexity index is 322. The molecule has 0 fully saturated rings. The van der Waals surface area contributed by atoms with Crippen LogP contribution in [0.2, 0.25) is 0 Å². The van der Waals surface area contributed by atoms with Gasteiger partial charge in [0.1, 0.15) is 5.75 Å². The van der Waals surface area contributed by atoms with Gasteiger partial charge in [0.25, 0.3) is 0 Å². The summed E-state index contributed by atoms with van der Waals surface area (Å²) in [6.45, 7) is 5.42. The second-order valence-electron chi connectivity index (χ2n) is 4.06. The minimum absolute atomic E-state index is 0.715.